The summed E-state index contributed by atoms with van der Waals surface area (Å²) in [6.07, 6.45) is 0. The number of carbonyl (C=O) groups is 1. The van der Waals surface area contributed by atoms with E-state index in [0.717, 1.165) is 18.8 Å². The third-order valence-corrected chi connectivity index (χ3v) is 2.79. The Balaban J connectivity index is 2.77. The van der Waals surface area contributed by atoms with E-state index in [-0.39, 0.29) is 5.76 Å². The first-order chi connectivity index (χ1) is 8.79. The third kappa shape index (κ3) is 5.07. The number of hydrogen-bond donors (Lipinski definition) is 1. The number of aromatic carboxylic acids is 1. The van der Waals surface area contributed by atoms with Crippen LogP contribution in [0.4, 0.5) is 0 Å². The van der Waals surface area contributed by atoms with Crippen molar-refractivity contribution in [3.8, 4) is 0 Å². The highest BCUT2D eigenvalue weighted by atomic mass is 16.4. The Morgan fingerprint density at radius 2 is 1.79 bits per heavy atom. The summed E-state index contributed by atoms with van der Waals surface area (Å²) in [5.41, 5.74) is 0.691. The molecule has 4 heteroatoms. The molecule has 0 saturated heterocycles. The lowest BCUT2D eigenvalue weighted by molar-refractivity contribution is 0.0656. The van der Waals surface area contributed by atoms with Crippen LogP contribution in [0.25, 0.3) is 0 Å². The van der Waals surface area contributed by atoms with E-state index in [1.54, 1.807) is 6.92 Å². The van der Waals surface area contributed by atoms with Crippen molar-refractivity contribution in [3.63, 3.8) is 0 Å². The third-order valence-electron chi connectivity index (χ3n) is 2.79. The minimum absolute atomic E-state index is 0.0593. The molecule has 1 heterocycles. The summed E-state index contributed by atoms with van der Waals surface area (Å²) in [6, 6.07) is 1.83. The first kappa shape index (κ1) is 15.8. The van der Waals surface area contributed by atoms with Crippen LogP contribution < -0.4 is 0 Å². The number of furan rings is 1. The van der Waals surface area contributed by atoms with Crippen molar-refractivity contribution in [1.29, 1.82) is 0 Å². The summed E-state index contributed by atoms with van der Waals surface area (Å²) in [7, 11) is 0. The molecule has 0 aliphatic carbocycles. The molecule has 0 atom stereocenters. The van der Waals surface area contributed by atoms with Crippen LogP contribution in [-0.2, 0) is 6.54 Å². The summed E-state index contributed by atoms with van der Waals surface area (Å²) >= 11 is 0. The average molecular weight is 267 g/mol. The number of carboxylic acids is 1. The second-order valence-corrected chi connectivity index (χ2v) is 6.01. The zero-order chi connectivity index (χ0) is 14.6. The molecule has 0 aromatic carbocycles. The van der Waals surface area contributed by atoms with E-state index in [4.69, 9.17) is 9.52 Å². The molecule has 0 aliphatic rings. The molecule has 0 aliphatic heterocycles. The molecule has 4 nitrogen and oxygen atoms in total. The van der Waals surface area contributed by atoms with Gasteiger partial charge in [-0.1, -0.05) is 27.7 Å². The molecule has 108 valence electrons. The lowest BCUT2D eigenvalue weighted by Crippen LogP contribution is -2.30. The lowest BCUT2D eigenvalue weighted by Gasteiger charge is -2.25. The zero-order valence-electron chi connectivity index (χ0n) is 12.6. The zero-order valence-corrected chi connectivity index (χ0v) is 12.6. The van der Waals surface area contributed by atoms with Crippen LogP contribution in [0, 0.1) is 18.8 Å². The van der Waals surface area contributed by atoms with Crippen LogP contribution >= 0.6 is 0 Å². The van der Waals surface area contributed by atoms with Gasteiger partial charge in [-0.15, -0.1) is 0 Å². The van der Waals surface area contributed by atoms with Gasteiger partial charge in [0.25, 0.3) is 0 Å². The van der Waals surface area contributed by atoms with Gasteiger partial charge < -0.3 is 9.52 Å². The molecule has 1 aromatic heterocycles. The topological polar surface area (TPSA) is 53.7 Å². The van der Waals surface area contributed by atoms with Crippen LogP contribution in [-0.4, -0.2) is 29.1 Å². The molecule has 1 rings (SSSR count). The summed E-state index contributed by atoms with van der Waals surface area (Å²) < 4.78 is 5.43. The average Bonchev–Trinajstić information content (AvgIpc) is 2.57. The minimum Gasteiger partial charge on any atom is -0.475 e. The second kappa shape index (κ2) is 6.75. The predicted molar refractivity (Wildman–Crippen MR) is 75.4 cm³/mol. The van der Waals surface area contributed by atoms with E-state index in [0.29, 0.717) is 23.9 Å². The summed E-state index contributed by atoms with van der Waals surface area (Å²) in [5, 5.41) is 9.00. The van der Waals surface area contributed by atoms with Gasteiger partial charge in [-0.3, -0.25) is 4.90 Å². The van der Waals surface area contributed by atoms with Crippen molar-refractivity contribution in [2.24, 2.45) is 11.8 Å². The molecule has 0 bridgehead atoms. The Hall–Kier alpha value is -1.29. The van der Waals surface area contributed by atoms with E-state index in [2.05, 4.69) is 32.6 Å². The van der Waals surface area contributed by atoms with Crippen molar-refractivity contribution in [2.75, 3.05) is 13.1 Å². The standard InChI is InChI=1S/C15H25NO3/c1-10(2)7-16(8-11(3)4)9-13-6-12(5)14(19-13)15(17)18/h6,10-11H,7-9H2,1-5H3,(H,17,18). The molecule has 0 amide bonds. The maximum Gasteiger partial charge on any atom is 0.372 e. The van der Waals surface area contributed by atoms with Crippen LogP contribution in [0.15, 0.2) is 10.5 Å². The van der Waals surface area contributed by atoms with E-state index in [1.807, 2.05) is 6.07 Å². The van der Waals surface area contributed by atoms with Gasteiger partial charge in [0.1, 0.15) is 5.76 Å². The Morgan fingerprint density at radius 1 is 1.26 bits per heavy atom. The maximum atomic E-state index is 11.0. The Bertz CT molecular complexity index is 411. The summed E-state index contributed by atoms with van der Waals surface area (Å²) in [6.45, 7) is 13.1. The molecule has 1 N–H and O–H groups in total. The van der Waals surface area contributed by atoms with Gasteiger partial charge in [0.05, 0.1) is 6.54 Å². The Morgan fingerprint density at radius 3 is 2.16 bits per heavy atom. The number of carboxylic acid groups (broad SMARTS) is 1. The van der Waals surface area contributed by atoms with Crippen molar-refractivity contribution >= 4 is 5.97 Å². The predicted octanol–water partition coefficient (Wildman–Crippen LogP) is 3.40. The number of rotatable bonds is 7. The van der Waals surface area contributed by atoms with E-state index < -0.39 is 5.97 Å². The molecular weight excluding hydrogens is 242 g/mol. The fraction of sp³-hybridized carbons (Fsp3) is 0.667. The van der Waals surface area contributed by atoms with Crippen molar-refractivity contribution in [3.05, 3.63) is 23.2 Å². The number of aryl methyl sites for hydroxylation is 1. The van der Waals surface area contributed by atoms with Gasteiger partial charge in [-0.05, 0) is 24.8 Å². The molecule has 0 unspecified atom stereocenters. The largest absolute Gasteiger partial charge is 0.475 e. The van der Waals surface area contributed by atoms with Crippen LogP contribution in [0.2, 0.25) is 0 Å². The van der Waals surface area contributed by atoms with Crippen LogP contribution in [0.5, 0.6) is 0 Å². The fourth-order valence-corrected chi connectivity index (χ4v) is 2.30. The smallest absolute Gasteiger partial charge is 0.372 e. The monoisotopic (exact) mass is 267 g/mol. The maximum absolute atomic E-state index is 11.0. The van der Waals surface area contributed by atoms with Crippen molar-refractivity contribution in [1.82, 2.24) is 4.90 Å². The highest BCUT2D eigenvalue weighted by Gasteiger charge is 2.17. The summed E-state index contributed by atoms with van der Waals surface area (Å²) in [4.78, 5) is 13.3. The molecule has 1 aromatic rings. The van der Waals surface area contributed by atoms with E-state index in [1.165, 1.54) is 0 Å². The van der Waals surface area contributed by atoms with Gasteiger partial charge in [-0.25, -0.2) is 4.79 Å². The SMILES string of the molecule is Cc1cc(CN(CC(C)C)CC(C)C)oc1C(=O)O. The van der Waals surface area contributed by atoms with Crippen molar-refractivity contribution in [2.45, 2.75) is 41.2 Å². The highest BCUT2D eigenvalue weighted by molar-refractivity contribution is 5.86. The van der Waals surface area contributed by atoms with Gasteiger partial charge in [0.2, 0.25) is 5.76 Å². The normalized spacial score (nSPS) is 11.8. The molecule has 0 radical (unpaired) electrons. The molecule has 0 fully saturated rings. The molecule has 0 saturated carbocycles. The second-order valence-electron chi connectivity index (χ2n) is 6.01. The molecule has 0 spiro atoms. The fourth-order valence-electron chi connectivity index (χ4n) is 2.30. The Labute approximate surface area is 115 Å². The lowest BCUT2D eigenvalue weighted by atomic mass is 10.1. The van der Waals surface area contributed by atoms with E-state index >= 15 is 0 Å². The van der Waals surface area contributed by atoms with Gasteiger partial charge >= 0.3 is 5.97 Å². The van der Waals surface area contributed by atoms with Gasteiger partial charge in [0.15, 0.2) is 0 Å². The number of hydrogen-bond acceptors (Lipinski definition) is 3. The van der Waals surface area contributed by atoms with Crippen LogP contribution in [0.3, 0.4) is 0 Å². The number of nitrogens with zero attached hydrogens (tertiary/aromatic N) is 1. The first-order valence-corrected chi connectivity index (χ1v) is 6.84. The minimum atomic E-state index is -0.997. The quantitative estimate of drug-likeness (QED) is 0.822. The van der Waals surface area contributed by atoms with E-state index in [9.17, 15) is 4.79 Å². The van der Waals surface area contributed by atoms with Gasteiger partial charge in [0, 0.05) is 18.7 Å². The Kier molecular flexibility index (Phi) is 5.60. The molecular formula is C15H25NO3. The highest BCUT2D eigenvalue weighted by Crippen LogP contribution is 2.17. The van der Waals surface area contributed by atoms with Gasteiger partial charge in [-0.2, -0.15) is 0 Å². The van der Waals surface area contributed by atoms with Crippen LogP contribution in [0.1, 0.15) is 49.6 Å². The summed E-state index contributed by atoms with van der Waals surface area (Å²) in [5.74, 6) is 0.950. The van der Waals surface area contributed by atoms with Crippen molar-refractivity contribution < 1.29 is 14.3 Å². The first-order valence-electron chi connectivity index (χ1n) is 6.84. The molecule has 19 heavy (non-hydrogen) atoms.